The van der Waals surface area contributed by atoms with Gasteiger partial charge in [-0.25, -0.2) is 4.98 Å². The van der Waals surface area contributed by atoms with Gasteiger partial charge in [-0.1, -0.05) is 12.1 Å². The van der Waals surface area contributed by atoms with E-state index in [2.05, 4.69) is 31.8 Å². The number of fused-ring (bicyclic) bond motifs is 1. The van der Waals surface area contributed by atoms with Crippen LogP contribution in [0.25, 0.3) is 11.1 Å². The fraction of sp³-hybridized carbons (Fsp3) is 0.688. The zero-order valence-electron chi connectivity index (χ0n) is 14.2. The highest BCUT2D eigenvalue weighted by atomic mass is 16.5. The molecule has 3 rings (SSSR count). The van der Waals surface area contributed by atoms with Gasteiger partial charge in [-0.15, -0.1) is 0 Å². The molecule has 1 aliphatic rings. The second-order valence-corrected chi connectivity index (χ2v) is 6.37. The fourth-order valence-electron chi connectivity index (χ4n) is 3.52. The van der Waals surface area contributed by atoms with E-state index in [0.717, 1.165) is 43.1 Å². The molecular weight excluding hydrogens is 310 g/mol. The predicted octanol–water partition coefficient (Wildman–Crippen LogP) is 0.285. The Bertz CT molecular complexity index is 677. The Kier molecular flexibility index (Phi) is 5.27. The molecule has 0 aromatic carbocycles. The molecular formula is C16H25N5O3. The van der Waals surface area contributed by atoms with Crippen LogP contribution >= 0.6 is 0 Å². The van der Waals surface area contributed by atoms with Crippen molar-refractivity contribution in [1.29, 1.82) is 0 Å². The van der Waals surface area contributed by atoms with Crippen molar-refractivity contribution >= 4 is 16.9 Å². The molecule has 24 heavy (non-hydrogen) atoms. The summed E-state index contributed by atoms with van der Waals surface area (Å²) in [6.45, 7) is 8.23. The molecule has 0 amide bonds. The highest BCUT2D eigenvalue weighted by molar-refractivity contribution is 5.87. The number of aryl methyl sites for hydroxylation is 1. The van der Waals surface area contributed by atoms with E-state index in [1.54, 1.807) is 0 Å². The maximum absolute atomic E-state index is 9.79. The Hall–Kier alpha value is -1.77. The summed E-state index contributed by atoms with van der Waals surface area (Å²) in [5.41, 5.74) is 1.28. The van der Waals surface area contributed by atoms with Crippen LogP contribution < -0.4 is 4.90 Å². The average molecular weight is 335 g/mol. The zero-order chi connectivity index (χ0) is 17.1. The van der Waals surface area contributed by atoms with Crippen LogP contribution in [0.1, 0.15) is 12.6 Å². The standard InChI is InChI=1S/C16H25N5O3/c1-3-20(4-5-22)6-12-7-21(8-13(12)9-23)15-14-11(2)19-24-16(14)18-10-17-15/h10,12-13,22-23H,3-9H2,1-2H3/t12-,13-/m1/s1. The van der Waals surface area contributed by atoms with Gasteiger partial charge in [-0.05, 0) is 19.4 Å². The normalized spacial score (nSPS) is 21.3. The number of likely N-dealkylation sites (N-methyl/N-ethyl adjacent to an activating group) is 1. The van der Waals surface area contributed by atoms with Crippen LogP contribution in [0.15, 0.2) is 10.9 Å². The van der Waals surface area contributed by atoms with Gasteiger partial charge in [0.25, 0.3) is 5.71 Å². The number of anilines is 1. The number of rotatable bonds is 7. The Morgan fingerprint density at radius 2 is 2.08 bits per heavy atom. The Labute approximate surface area is 141 Å². The summed E-state index contributed by atoms with van der Waals surface area (Å²) in [5, 5.41) is 23.8. The average Bonchev–Trinajstić information content (AvgIpc) is 3.18. The second kappa shape index (κ2) is 7.42. The molecule has 0 aliphatic carbocycles. The largest absolute Gasteiger partial charge is 0.396 e. The molecule has 1 saturated heterocycles. The Balaban J connectivity index is 1.81. The van der Waals surface area contributed by atoms with Gasteiger partial charge in [0.15, 0.2) is 0 Å². The molecule has 2 aromatic rings. The minimum atomic E-state index is 0.148. The minimum Gasteiger partial charge on any atom is -0.396 e. The minimum absolute atomic E-state index is 0.148. The first-order valence-electron chi connectivity index (χ1n) is 8.43. The number of hydrogen-bond acceptors (Lipinski definition) is 8. The van der Waals surface area contributed by atoms with Gasteiger partial charge < -0.3 is 24.5 Å². The van der Waals surface area contributed by atoms with Gasteiger partial charge in [-0.2, -0.15) is 4.98 Å². The molecule has 0 saturated carbocycles. The molecule has 132 valence electrons. The van der Waals surface area contributed by atoms with Gasteiger partial charge in [0.2, 0.25) is 0 Å². The predicted molar refractivity (Wildman–Crippen MR) is 89.8 cm³/mol. The summed E-state index contributed by atoms with van der Waals surface area (Å²) < 4.78 is 5.23. The SMILES string of the molecule is CCN(CCO)C[C@@H]1CN(c2ncnc3onc(C)c23)C[C@@H]1CO. The zero-order valence-corrected chi connectivity index (χ0v) is 14.2. The molecule has 0 bridgehead atoms. The van der Waals surface area contributed by atoms with Crippen LogP contribution in [0.4, 0.5) is 5.82 Å². The van der Waals surface area contributed by atoms with E-state index in [9.17, 15) is 10.2 Å². The molecule has 1 aliphatic heterocycles. The molecule has 8 heteroatoms. The summed E-state index contributed by atoms with van der Waals surface area (Å²) in [4.78, 5) is 13.0. The molecule has 3 heterocycles. The van der Waals surface area contributed by atoms with Crippen molar-refractivity contribution in [3.8, 4) is 0 Å². The van der Waals surface area contributed by atoms with Crippen LogP contribution in [0.5, 0.6) is 0 Å². The molecule has 2 aromatic heterocycles. The maximum atomic E-state index is 9.79. The number of aliphatic hydroxyl groups excluding tert-OH is 2. The molecule has 0 radical (unpaired) electrons. The lowest BCUT2D eigenvalue weighted by Crippen LogP contribution is -2.35. The van der Waals surface area contributed by atoms with Crippen molar-refractivity contribution < 1.29 is 14.7 Å². The van der Waals surface area contributed by atoms with E-state index in [1.807, 2.05) is 6.92 Å². The molecule has 0 unspecified atom stereocenters. The van der Waals surface area contributed by atoms with Gasteiger partial charge in [0.05, 0.1) is 12.3 Å². The van der Waals surface area contributed by atoms with Gasteiger partial charge in [0, 0.05) is 38.7 Å². The summed E-state index contributed by atoms with van der Waals surface area (Å²) in [5.74, 6) is 1.33. The van der Waals surface area contributed by atoms with Gasteiger partial charge in [-0.3, -0.25) is 0 Å². The van der Waals surface area contributed by atoms with Crippen LogP contribution in [0, 0.1) is 18.8 Å². The van der Waals surface area contributed by atoms with Crippen molar-refractivity contribution in [3.63, 3.8) is 0 Å². The van der Waals surface area contributed by atoms with Crippen LogP contribution in [-0.2, 0) is 0 Å². The van der Waals surface area contributed by atoms with Crippen LogP contribution in [0.2, 0.25) is 0 Å². The van der Waals surface area contributed by atoms with Gasteiger partial charge >= 0.3 is 0 Å². The van der Waals surface area contributed by atoms with E-state index in [0.29, 0.717) is 18.2 Å². The summed E-state index contributed by atoms with van der Waals surface area (Å²) in [7, 11) is 0. The van der Waals surface area contributed by atoms with Crippen molar-refractivity contribution in [3.05, 3.63) is 12.0 Å². The lowest BCUT2D eigenvalue weighted by Gasteiger charge is -2.25. The van der Waals surface area contributed by atoms with E-state index in [4.69, 9.17) is 4.52 Å². The van der Waals surface area contributed by atoms with Crippen LogP contribution in [-0.4, -0.2) is 76.2 Å². The third kappa shape index (κ3) is 3.22. The third-order valence-electron chi connectivity index (χ3n) is 4.89. The molecule has 2 N–H and O–H groups in total. The highest BCUT2D eigenvalue weighted by Gasteiger charge is 2.35. The lowest BCUT2D eigenvalue weighted by molar-refractivity contribution is 0.147. The van der Waals surface area contributed by atoms with Crippen molar-refractivity contribution in [2.45, 2.75) is 13.8 Å². The Morgan fingerprint density at radius 1 is 1.29 bits per heavy atom. The number of aromatic nitrogens is 3. The van der Waals surface area contributed by atoms with E-state index in [-0.39, 0.29) is 19.1 Å². The topological polar surface area (TPSA) is 98.8 Å². The molecule has 2 atom stereocenters. The fourth-order valence-corrected chi connectivity index (χ4v) is 3.52. The van der Waals surface area contributed by atoms with E-state index >= 15 is 0 Å². The first kappa shape index (κ1) is 17.1. The second-order valence-electron chi connectivity index (χ2n) is 6.37. The molecule has 1 fully saturated rings. The highest BCUT2D eigenvalue weighted by Crippen LogP contribution is 2.32. The van der Waals surface area contributed by atoms with E-state index < -0.39 is 0 Å². The third-order valence-corrected chi connectivity index (χ3v) is 4.89. The van der Waals surface area contributed by atoms with Crippen molar-refractivity contribution in [1.82, 2.24) is 20.0 Å². The molecule has 0 spiro atoms. The van der Waals surface area contributed by atoms with Gasteiger partial charge in [0.1, 0.15) is 17.5 Å². The quantitative estimate of drug-likeness (QED) is 0.745. The summed E-state index contributed by atoms with van der Waals surface area (Å²) in [6, 6.07) is 0. The number of aliphatic hydroxyl groups is 2. The Morgan fingerprint density at radius 3 is 2.79 bits per heavy atom. The van der Waals surface area contributed by atoms with Crippen LogP contribution in [0.3, 0.4) is 0 Å². The first-order chi connectivity index (χ1) is 11.7. The smallest absolute Gasteiger partial charge is 0.263 e. The summed E-state index contributed by atoms with van der Waals surface area (Å²) >= 11 is 0. The number of hydrogen-bond donors (Lipinski definition) is 2. The monoisotopic (exact) mass is 335 g/mol. The summed E-state index contributed by atoms with van der Waals surface area (Å²) in [6.07, 6.45) is 1.49. The van der Waals surface area contributed by atoms with Crippen molar-refractivity contribution in [2.75, 3.05) is 50.8 Å². The van der Waals surface area contributed by atoms with Crippen molar-refractivity contribution in [2.24, 2.45) is 11.8 Å². The number of nitrogens with zero attached hydrogens (tertiary/aromatic N) is 5. The van der Waals surface area contributed by atoms with E-state index in [1.165, 1.54) is 6.33 Å². The lowest BCUT2D eigenvalue weighted by atomic mass is 9.96. The molecule has 8 nitrogen and oxygen atoms in total. The first-order valence-corrected chi connectivity index (χ1v) is 8.43. The maximum Gasteiger partial charge on any atom is 0.263 e.